The highest BCUT2D eigenvalue weighted by Gasteiger charge is 2.34. The normalized spacial score (nSPS) is 18.8. The molecule has 0 saturated carbocycles. The summed E-state index contributed by atoms with van der Waals surface area (Å²) in [6, 6.07) is 12.8. The third-order valence-electron chi connectivity index (χ3n) is 7.74. The first-order valence-corrected chi connectivity index (χ1v) is 12.9. The van der Waals surface area contributed by atoms with Crippen LogP contribution in [0.3, 0.4) is 0 Å². The van der Waals surface area contributed by atoms with Gasteiger partial charge in [-0.25, -0.2) is 9.37 Å². The summed E-state index contributed by atoms with van der Waals surface area (Å²) >= 11 is 0. The van der Waals surface area contributed by atoms with Crippen LogP contribution in [0.2, 0.25) is 0 Å². The molecule has 0 bridgehead atoms. The molecule has 3 aliphatic heterocycles. The van der Waals surface area contributed by atoms with Gasteiger partial charge in [0.2, 0.25) is 0 Å². The number of benzene rings is 1. The Morgan fingerprint density at radius 3 is 2.54 bits per heavy atom. The van der Waals surface area contributed by atoms with Gasteiger partial charge >= 0.3 is 0 Å². The highest BCUT2D eigenvalue weighted by molar-refractivity contribution is 6.10. The van der Waals surface area contributed by atoms with Gasteiger partial charge in [-0.1, -0.05) is 12.1 Å². The second-order valence-electron chi connectivity index (χ2n) is 9.75. The summed E-state index contributed by atoms with van der Waals surface area (Å²) in [5.41, 5.74) is 1.88. The fraction of sp³-hybridized carbons (Fsp3) is 0.393. The van der Waals surface area contributed by atoms with E-state index in [1.165, 1.54) is 26.0 Å². The number of methoxy groups -OCH3 is 1. The van der Waals surface area contributed by atoms with Crippen molar-refractivity contribution in [3.63, 3.8) is 0 Å². The Hall–Kier alpha value is -3.56. The molecule has 6 rings (SSSR count). The van der Waals surface area contributed by atoms with Crippen LogP contribution in [0.25, 0.3) is 11.3 Å². The Morgan fingerprint density at radius 1 is 1.00 bits per heavy atom. The van der Waals surface area contributed by atoms with Gasteiger partial charge in [-0.15, -0.1) is 0 Å². The number of fused-ring (bicyclic) bond motifs is 1. The molecule has 1 N–H and O–H groups in total. The van der Waals surface area contributed by atoms with Crippen molar-refractivity contribution in [3.05, 3.63) is 65.6 Å². The second-order valence-corrected chi connectivity index (χ2v) is 9.75. The lowest BCUT2D eigenvalue weighted by Gasteiger charge is -2.41. The molecule has 0 spiro atoms. The predicted octanol–water partition coefficient (Wildman–Crippen LogP) is 3.33. The highest BCUT2D eigenvalue weighted by atomic mass is 19.1. The predicted molar refractivity (Wildman–Crippen MR) is 141 cm³/mol. The van der Waals surface area contributed by atoms with Crippen molar-refractivity contribution in [1.29, 1.82) is 0 Å². The minimum atomic E-state index is -0.435. The lowest BCUT2D eigenvalue weighted by Crippen LogP contribution is -2.53. The number of carbonyl (C=O) groups is 1. The van der Waals surface area contributed by atoms with Crippen molar-refractivity contribution < 1.29 is 13.9 Å². The first-order valence-electron chi connectivity index (χ1n) is 12.9. The number of piperazine rings is 1. The molecule has 3 aromatic rings. The lowest BCUT2D eigenvalue weighted by atomic mass is 10.0. The Kier molecular flexibility index (Phi) is 6.48. The van der Waals surface area contributed by atoms with E-state index < -0.39 is 5.82 Å². The number of pyridine rings is 2. The van der Waals surface area contributed by atoms with Crippen molar-refractivity contribution >= 4 is 17.5 Å². The maximum absolute atomic E-state index is 14.9. The third kappa shape index (κ3) is 4.42. The van der Waals surface area contributed by atoms with Gasteiger partial charge in [-0.2, -0.15) is 0 Å². The standard InChI is InChI=1S/C28H31FN6O2/c1-37-23-5-2-4-22(29)26(23)27-21-18-35(28(36)20(21)10-13-31-27)25-7-3-6-24(32-25)34-16-14-33(15-17-34)19-8-11-30-12-9-19/h2-7,10,13,19,30H,8-9,11-12,14-18H2,1H3. The SMILES string of the molecule is COc1cccc(F)c1-c1nccc2c1CN(c1cccc(N3CCN(C4CCNCC4)CC3)n1)C2=O. The number of anilines is 2. The van der Waals surface area contributed by atoms with Gasteiger partial charge in [0.1, 0.15) is 23.2 Å². The summed E-state index contributed by atoms with van der Waals surface area (Å²) in [6.07, 6.45) is 3.97. The van der Waals surface area contributed by atoms with Crippen LogP contribution in [-0.4, -0.2) is 73.2 Å². The second kappa shape index (κ2) is 10.1. The van der Waals surface area contributed by atoms with Crippen molar-refractivity contribution in [3.8, 4) is 17.0 Å². The van der Waals surface area contributed by atoms with Gasteiger partial charge in [-0.3, -0.25) is 19.6 Å². The molecule has 2 fully saturated rings. The van der Waals surface area contributed by atoms with E-state index in [1.807, 2.05) is 18.2 Å². The summed E-state index contributed by atoms with van der Waals surface area (Å²) < 4.78 is 20.3. The maximum atomic E-state index is 14.9. The quantitative estimate of drug-likeness (QED) is 0.574. The van der Waals surface area contributed by atoms with E-state index in [1.54, 1.807) is 29.3 Å². The number of hydrogen-bond acceptors (Lipinski definition) is 7. The van der Waals surface area contributed by atoms with Crippen LogP contribution in [-0.2, 0) is 6.54 Å². The molecule has 0 atom stereocenters. The molecule has 9 heteroatoms. The number of rotatable bonds is 5. The van der Waals surface area contributed by atoms with E-state index >= 15 is 0 Å². The van der Waals surface area contributed by atoms with Gasteiger partial charge < -0.3 is 15.0 Å². The highest BCUT2D eigenvalue weighted by Crippen LogP contribution is 2.38. The number of aromatic nitrogens is 2. The molecule has 1 amide bonds. The zero-order valence-electron chi connectivity index (χ0n) is 21.0. The van der Waals surface area contributed by atoms with Crippen molar-refractivity contribution in [2.75, 3.05) is 56.2 Å². The molecular formula is C28H31FN6O2. The Labute approximate surface area is 216 Å². The maximum Gasteiger partial charge on any atom is 0.260 e. The van der Waals surface area contributed by atoms with Crippen molar-refractivity contribution in [2.24, 2.45) is 0 Å². The van der Waals surface area contributed by atoms with Crippen LogP contribution in [0.1, 0.15) is 28.8 Å². The van der Waals surface area contributed by atoms with Crippen LogP contribution in [0.5, 0.6) is 5.75 Å². The van der Waals surface area contributed by atoms with Gasteiger partial charge in [0.05, 0.1) is 24.9 Å². The van der Waals surface area contributed by atoms with E-state index in [2.05, 4.69) is 20.1 Å². The third-order valence-corrected chi connectivity index (χ3v) is 7.74. The molecule has 37 heavy (non-hydrogen) atoms. The summed E-state index contributed by atoms with van der Waals surface area (Å²) in [7, 11) is 1.50. The van der Waals surface area contributed by atoms with Crippen molar-refractivity contribution in [1.82, 2.24) is 20.2 Å². The van der Waals surface area contributed by atoms with E-state index in [9.17, 15) is 9.18 Å². The number of nitrogens with zero attached hydrogens (tertiary/aromatic N) is 5. The summed E-state index contributed by atoms with van der Waals surface area (Å²) in [5.74, 6) is 1.26. The molecule has 8 nitrogen and oxygen atoms in total. The van der Waals surface area contributed by atoms with E-state index in [0.29, 0.717) is 34.4 Å². The number of carbonyl (C=O) groups excluding carboxylic acids is 1. The average molecular weight is 503 g/mol. The Balaban J connectivity index is 1.23. The van der Waals surface area contributed by atoms with Gasteiger partial charge in [0.15, 0.2) is 0 Å². The van der Waals surface area contributed by atoms with Crippen molar-refractivity contribution in [2.45, 2.75) is 25.4 Å². The molecule has 192 valence electrons. The smallest absolute Gasteiger partial charge is 0.260 e. The summed E-state index contributed by atoms with van der Waals surface area (Å²) in [5, 5.41) is 3.44. The zero-order valence-corrected chi connectivity index (χ0v) is 21.0. The Bertz CT molecular complexity index is 1300. The first kappa shape index (κ1) is 23.8. The summed E-state index contributed by atoms with van der Waals surface area (Å²) in [6.45, 7) is 6.33. The van der Waals surface area contributed by atoms with Crippen LogP contribution < -0.4 is 19.9 Å². The van der Waals surface area contributed by atoms with E-state index in [4.69, 9.17) is 9.72 Å². The first-order chi connectivity index (χ1) is 18.1. The molecule has 5 heterocycles. The molecule has 0 radical (unpaired) electrons. The number of amides is 1. The molecule has 0 unspecified atom stereocenters. The number of halogens is 1. The molecule has 1 aromatic carbocycles. The Morgan fingerprint density at radius 2 is 1.76 bits per heavy atom. The minimum absolute atomic E-state index is 0.158. The monoisotopic (exact) mass is 502 g/mol. The molecule has 2 saturated heterocycles. The fourth-order valence-electron chi connectivity index (χ4n) is 5.76. The summed E-state index contributed by atoms with van der Waals surface area (Å²) in [4.78, 5) is 29.3. The van der Waals surface area contributed by atoms with Crippen LogP contribution >= 0.6 is 0 Å². The molecule has 3 aliphatic rings. The molecule has 0 aliphatic carbocycles. The van der Waals surface area contributed by atoms with Crippen LogP contribution in [0.15, 0.2) is 48.7 Å². The van der Waals surface area contributed by atoms with Crippen LogP contribution in [0.4, 0.5) is 16.0 Å². The van der Waals surface area contributed by atoms with E-state index in [-0.39, 0.29) is 18.0 Å². The average Bonchev–Trinajstić information content (AvgIpc) is 3.30. The van der Waals surface area contributed by atoms with Gasteiger partial charge in [-0.05, 0) is 56.3 Å². The molecular weight excluding hydrogens is 471 g/mol. The number of nitrogens with one attached hydrogen (secondary N) is 1. The minimum Gasteiger partial charge on any atom is -0.496 e. The largest absolute Gasteiger partial charge is 0.496 e. The zero-order chi connectivity index (χ0) is 25.4. The number of ether oxygens (including phenoxy) is 1. The lowest BCUT2D eigenvalue weighted by molar-refractivity contribution is 0.0996. The van der Waals surface area contributed by atoms with E-state index in [0.717, 1.165) is 45.1 Å². The topological polar surface area (TPSA) is 73.8 Å². The van der Waals surface area contributed by atoms with Gasteiger partial charge in [0.25, 0.3) is 5.91 Å². The van der Waals surface area contributed by atoms with Crippen LogP contribution in [0, 0.1) is 5.82 Å². The fourth-order valence-corrected chi connectivity index (χ4v) is 5.76. The number of hydrogen-bond donors (Lipinski definition) is 1. The molecule has 2 aromatic heterocycles. The van der Waals surface area contributed by atoms with Gasteiger partial charge in [0, 0.05) is 49.5 Å². The number of piperidine rings is 1.